The third-order valence-electron chi connectivity index (χ3n) is 1.46. The molecule has 0 unspecified atom stereocenters. The minimum Gasteiger partial charge on any atom is -0.245 e. The van der Waals surface area contributed by atoms with E-state index in [0.717, 1.165) is 0 Å². The Bertz CT molecular complexity index is 497. The molecule has 0 aliphatic heterocycles. The highest BCUT2D eigenvalue weighted by molar-refractivity contribution is 7.90. The summed E-state index contributed by atoms with van der Waals surface area (Å²) in [6.07, 6.45) is 0. The van der Waals surface area contributed by atoms with Crippen LogP contribution < -0.4 is 10.3 Å². The van der Waals surface area contributed by atoms with Crippen LogP contribution in [0.25, 0.3) is 0 Å². The third kappa shape index (κ3) is 2.86. The van der Waals surface area contributed by atoms with E-state index < -0.39 is 32.6 Å². The van der Waals surface area contributed by atoms with Crippen LogP contribution >= 0.6 is 0 Å². The summed E-state index contributed by atoms with van der Waals surface area (Å²) in [4.78, 5) is 9.58. The summed E-state index contributed by atoms with van der Waals surface area (Å²) in [6.45, 7) is 0. The van der Waals surface area contributed by atoms with Crippen molar-refractivity contribution in [3.05, 3.63) is 29.8 Å². The first-order chi connectivity index (χ1) is 7.35. The van der Waals surface area contributed by atoms with E-state index in [1.165, 1.54) is 4.72 Å². The Kier molecular flexibility index (Phi) is 3.38. The quantitative estimate of drug-likeness (QED) is 0.768. The lowest BCUT2D eigenvalue weighted by Crippen LogP contribution is -2.35. The maximum absolute atomic E-state index is 12.7. The van der Waals surface area contributed by atoms with Gasteiger partial charge in [0.2, 0.25) is 0 Å². The molecule has 16 heavy (non-hydrogen) atoms. The maximum Gasteiger partial charge on any atom is 0.356 e. The second-order valence-corrected chi connectivity index (χ2v) is 4.32. The zero-order valence-electron chi connectivity index (χ0n) is 7.50. The van der Waals surface area contributed by atoms with Crippen LogP contribution in [-0.4, -0.2) is 14.4 Å². The minimum absolute atomic E-state index is 0.453. The largest absolute Gasteiger partial charge is 0.356 e. The lowest BCUT2D eigenvalue weighted by Gasteiger charge is -2.05. The monoisotopic (exact) mass is 254 g/mol. The van der Waals surface area contributed by atoms with Crippen molar-refractivity contribution in [3.63, 3.8) is 0 Å². The summed E-state index contributed by atoms with van der Waals surface area (Å²) < 4.78 is 60.5. The Morgan fingerprint density at radius 1 is 1.12 bits per heavy atom. The van der Waals surface area contributed by atoms with Crippen LogP contribution in [0.1, 0.15) is 0 Å². The summed E-state index contributed by atoms with van der Waals surface area (Å²) in [5, 5.41) is 0. The van der Waals surface area contributed by atoms with Crippen molar-refractivity contribution in [2.24, 2.45) is 0 Å². The van der Waals surface area contributed by atoms with Gasteiger partial charge in [-0.05, 0) is 12.1 Å². The maximum atomic E-state index is 12.7. The number of benzene rings is 1. The average molecular weight is 254 g/mol. The molecule has 5 nitrogen and oxygen atoms in total. The molecule has 0 saturated carbocycles. The number of sulfonamides is 1. The van der Waals surface area contributed by atoms with Crippen molar-refractivity contribution in [1.29, 1.82) is 0 Å². The summed E-state index contributed by atoms with van der Waals surface area (Å²) in [5.74, 6) is -2.28. The zero-order valence-corrected chi connectivity index (χ0v) is 8.32. The number of urea groups is 1. The van der Waals surface area contributed by atoms with E-state index in [1.54, 1.807) is 0 Å². The molecular formula is C7H5F3N2O3S. The molecule has 0 aliphatic rings. The molecule has 1 aromatic carbocycles. The Balaban J connectivity index is 3.12. The molecule has 0 bridgehead atoms. The second kappa shape index (κ2) is 4.39. The highest BCUT2D eigenvalue weighted by Gasteiger charge is 2.19. The summed E-state index contributed by atoms with van der Waals surface area (Å²) in [6, 6.07) is -0.244. The van der Waals surface area contributed by atoms with Crippen molar-refractivity contribution >= 4 is 16.1 Å². The van der Waals surface area contributed by atoms with Crippen LogP contribution in [0.3, 0.4) is 0 Å². The molecule has 88 valence electrons. The number of hydrogen-bond donors (Lipinski definition) is 2. The standard InChI is InChI=1S/C7H5F3N2O3S/c8-4-1-5(9)3-6(2-4)16(14,15)12-7(13)11-10/h1-3H,(H2,11,12,13). The van der Waals surface area contributed by atoms with Gasteiger partial charge in [-0.2, -0.15) is 5.54 Å². The fourth-order valence-corrected chi connectivity index (χ4v) is 1.82. The van der Waals surface area contributed by atoms with Crippen molar-refractivity contribution in [2.75, 3.05) is 0 Å². The first-order valence-corrected chi connectivity index (χ1v) is 5.23. The Labute approximate surface area is 88.3 Å². The van der Waals surface area contributed by atoms with Crippen molar-refractivity contribution in [3.8, 4) is 0 Å². The normalized spacial score (nSPS) is 10.9. The molecule has 0 radical (unpaired) electrons. The average Bonchev–Trinajstić information content (AvgIpc) is 2.15. The topological polar surface area (TPSA) is 75.3 Å². The first kappa shape index (κ1) is 12.3. The van der Waals surface area contributed by atoms with Crippen LogP contribution in [0.5, 0.6) is 0 Å². The molecule has 1 aromatic rings. The fraction of sp³-hybridized carbons (Fsp3) is 0. The lowest BCUT2D eigenvalue weighted by molar-refractivity contribution is 0.222. The number of halogens is 3. The predicted octanol–water partition coefficient (Wildman–Crippen LogP) is 0.837. The van der Waals surface area contributed by atoms with Crippen LogP contribution in [0.4, 0.5) is 18.1 Å². The van der Waals surface area contributed by atoms with Crippen LogP contribution in [0.2, 0.25) is 0 Å². The van der Waals surface area contributed by atoms with E-state index in [1.807, 2.05) is 0 Å². The summed E-state index contributed by atoms with van der Waals surface area (Å²) >= 11 is 0. The molecule has 1 rings (SSSR count). The Morgan fingerprint density at radius 2 is 1.62 bits per heavy atom. The molecular weight excluding hydrogens is 249 g/mol. The first-order valence-electron chi connectivity index (χ1n) is 3.74. The van der Waals surface area contributed by atoms with Crippen LogP contribution in [0, 0.1) is 11.6 Å². The molecule has 9 heteroatoms. The van der Waals surface area contributed by atoms with Gasteiger partial charge in [0.1, 0.15) is 11.6 Å². The highest BCUT2D eigenvalue weighted by atomic mass is 32.2. The van der Waals surface area contributed by atoms with E-state index in [4.69, 9.17) is 0 Å². The fourth-order valence-electron chi connectivity index (χ4n) is 0.884. The number of hydrogen-bond acceptors (Lipinski definition) is 3. The summed E-state index contributed by atoms with van der Waals surface area (Å²) in [5.41, 5.74) is 0.503. The molecule has 0 atom stereocenters. The molecule has 0 fully saturated rings. The van der Waals surface area contributed by atoms with E-state index in [0.29, 0.717) is 23.7 Å². The van der Waals surface area contributed by atoms with Gasteiger partial charge in [-0.1, -0.05) is 4.48 Å². The lowest BCUT2D eigenvalue weighted by atomic mass is 10.3. The molecule has 0 spiro atoms. The van der Waals surface area contributed by atoms with Gasteiger partial charge in [0.05, 0.1) is 4.90 Å². The number of amides is 2. The van der Waals surface area contributed by atoms with Crippen LogP contribution in [0.15, 0.2) is 23.1 Å². The number of carbonyl (C=O) groups is 1. The van der Waals surface area contributed by atoms with Crippen LogP contribution in [-0.2, 0) is 10.0 Å². The molecule has 0 heterocycles. The molecule has 0 aliphatic carbocycles. The van der Waals surface area contributed by atoms with Crippen molar-refractivity contribution in [2.45, 2.75) is 4.90 Å². The predicted molar refractivity (Wildman–Crippen MR) is 46.3 cm³/mol. The zero-order chi connectivity index (χ0) is 12.3. The molecule has 0 aromatic heterocycles. The van der Waals surface area contributed by atoms with Gasteiger partial charge in [-0.15, -0.1) is 0 Å². The SMILES string of the molecule is O=C(NF)NS(=O)(=O)c1cc(F)cc(F)c1. The Hall–Kier alpha value is -1.77. The van der Waals surface area contributed by atoms with Gasteiger partial charge in [-0.3, -0.25) is 0 Å². The Morgan fingerprint density at radius 3 is 2.06 bits per heavy atom. The van der Waals surface area contributed by atoms with Gasteiger partial charge >= 0.3 is 6.03 Å². The van der Waals surface area contributed by atoms with Gasteiger partial charge in [0.25, 0.3) is 10.0 Å². The van der Waals surface area contributed by atoms with Gasteiger partial charge in [-0.25, -0.2) is 26.7 Å². The van der Waals surface area contributed by atoms with Crippen molar-refractivity contribution in [1.82, 2.24) is 10.3 Å². The number of rotatable bonds is 2. The smallest absolute Gasteiger partial charge is 0.245 e. The van der Waals surface area contributed by atoms with Gasteiger partial charge in [0.15, 0.2) is 0 Å². The van der Waals surface area contributed by atoms with E-state index in [2.05, 4.69) is 0 Å². The van der Waals surface area contributed by atoms with E-state index >= 15 is 0 Å². The third-order valence-corrected chi connectivity index (χ3v) is 2.77. The van der Waals surface area contributed by atoms with Crippen molar-refractivity contribution < 1.29 is 26.5 Å². The molecule has 2 N–H and O–H groups in total. The summed E-state index contributed by atoms with van der Waals surface area (Å²) in [7, 11) is -4.50. The second-order valence-electron chi connectivity index (χ2n) is 2.63. The number of nitrogens with one attached hydrogen (secondary N) is 2. The van der Waals surface area contributed by atoms with Gasteiger partial charge < -0.3 is 0 Å². The van der Waals surface area contributed by atoms with E-state index in [9.17, 15) is 26.5 Å². The van der Waals surface area contributed by atoms with E-state index in [-0.39, 0.29) is 0 Å². The highest BCUT2D eigenvalue weighted by Crippen LogP contribution is 2.13. The molecule has 0 saturated heterocycles. The minimum atomic E-state index is -4.50. The van der Waals surface area contributed by atoms with Gasteiger partial charge in [0, 0.05) is 6.07 Å². The molecule has 2 amide bonds. The number of carbonyl (C=O) groups excluding carboxylic acids is 1.